The van der Waals surface area contributed by atoms with Crippen LogP contribution in [-0.4, -0.2) is 12.1 Å². The number of ether oxygens (including phenoxy) is 1. The van der Waals surface area contributed by atoms with Gasteiger partial charge in [0.15, 0.2) is 0 Å². The van der Waals surface area contributed by atoms with Crippen LogP contribution in [-0.2, 0) is 9.53 Å². The summed E-state index contributed by atoms with van der Waals surface area (Å²) in [5.41, 5.74) is 1.71. The predicted octanol–water partition coefficient (Wildman–Crippen LogP) is 2.54. The van der Waals surface area contributed by atoms with E-state index >= 15 is 0 Å². The second-order valence-corrected chi connectivity index (χ2v) is 5.20. The maximum absolute atomic E-state index is 10.9. The van der Waals surface area contributed by atoms with Gasteiger partial charge in [-0.15, -0.1) is 0 Å². The van der Waals surface area contributed by atoms with E-state index in [1.807, 2.05) is 0 Å². The second-order valence-electron chi connectivity index (χ2n) is 5.20. The second kappa shape index (κ2) is 2.85. The largest absolute Gasteiger partial charge is 0.458 e. The first-order valence-corrected chi connectivity index (χ1v) is 5.28. The van der Waals surface area contributed by atoms with Crippen molar-refractivity contribution in [3.05, 3.63) is 11.6 Å². The highest BCUT2D eigenvalue weighted by atomic mass is 16.5. The molecule has 0 unspecified atom stereocenters. The molecule has 3 aliphatic rings. The molecule has 0 heterocycles. The molecule has 0 aromatic carbocycles. The topological polar surface area (TPSA) is 26.3 Å². The summed E-state index contributed by atoms with van der Waals surface area (Å²) in [5, 5.41) is 0. The summed E-state index contributed by atoms with van der Waals surface area (Å²) in [7, 11) is 0. The maximum atomic E-state index is 10.9. The molecule has 1 fully saturated rings. The Bertz CT molecular complexity index is 301. The summed E-state index contributed by atoms with van der Waals surface area (Å²) >= 11 is 0. The van der Waals surface area contributed by atoms with Crippen molar-refractivity contribution in [1.82, 2.24) is 0 Å². The first-order chi connectivity index (χ1) is 6.43. The lowest BCUT2D eigenvalue weighted by molar-refractivity contribution is -0.158. The van der Waals surface area contributed by atoms with Gasteiger partial charge < -0.3 is 4.74 Å². The quantitative estimate of drug-likeness (QED) is 0.473. The Kier molecular flexibility index (Phi) is 1.98. The number of allylic oxidation sites excluding steroid dienone is 1. The summed E-state index contributed by atoms with van der Waals surface area (Å²) in [6, 6.07) is 0. The molecule has 0 N–H and O–H groups in total. The van der Waals surface area contributed by atoms with Crippen molar-refractivity contribution in [2.24, 2.45) is 17.3 Å². The van der Waals surface area contributed by atoms with E-state index in [0.29, 0.717) is 17.3 Å². The molecule has 14 heavy (non-hydrogen) atoms. The Morgan fingerprint density at radius 1 is 1.57 bits per heavy atom. The van der Waals surface area contributed by atoms with Crippen LogP contribution in [0.25, 0.3) is 0 Å². The van der Waals surface area contributed by atoms with Gasteiger partial charge in [-0.1, -0.05) is 19.4 Å². The molecule has 78 valence electrons. The number of hydrogen-bond acceptors (Lipinski definition) is 2. The average Bonchev–Trinajstić information content (AvgIpc) is 2.00. The third-order valence-corrected chi connectivity index (χ3v) is 4.02. The summed E-state index contributed by atoms with van der Waals surface area (Å²) in [5.74, 6) is 1.07. The standard InChI is InChI=1S/C12H18O2/c1-7-5-11(14-8(2)13)10-6-9(7)12(10,3)4/h5,9-11H,6H2,1-4H3/t9-,10+,11-/m0/s1. The van der Waals surface area contributed by atoms with Crippen molar-refractivity contribution in [2.45, 2.75) is 40.2 Å². The molecule has 3 atom stereocenters. The van der Waals surface area contributed by atoms with Crippen molar-refractivity contribution in [1.29, 1.82) is 0 Å². The highest BCUT2D eigenvalue weighted by Gasteiger charge is 2.55. The van der Waals surface area contributed by atoms with Gasteiger partial charge >= 0.3 is 5.97 Å². The predicted molar refractivity (Wildman–Crippen MR) is 54.7 cm³/mol. The highest BCUT2D eigenvalue weighted by Crippen LogP contribution is 2.59. The van der Waals surface area contributed by atoms with Crippen LogP contribution in [0, 0.1) is 17.3 Å². The summed E-state index contributed by atoms with van der Waals surface area (Å²) in [6.07, 6.45) is 3.34. The minimum Gasteiger partial charge on any atom is -0.458 e. The molecular weight excluding hydrogens is 176 g/mol. The molecule has 2 bridgehead atoms. The van der Waals surface area contributed by atoms with Gasteiger partial charge in [0.05, 0.1) is 0 Å². The third kappa shape index (κ3) is 1.20. The molecule has 2 nitrogen and oxygen atoms in total. The van der Waals surface area contributed by atoms with Gasteiger partial charge in [0, 0.05) is 12.8 Å². The van der Waals surface area contributed by atoms with Gasteiger partial charge in [0.1, 0.15) is 6.10 Å². The smallest absolute Gasteiger partial charge is 0.303 e. The van der Waals surface area contributed by atoms with Crippen molar-refractivity contribution in [3.8, 4) is 0 Å². The molecule has 0 aliphatic heterocycles. The van der Waals surface area contributed by atoms with Crippen LogP contribution in [0.2, 0.25) is 0 Å². The van der Waals surface area contributed by atoms with Crippen molar-refractivity contribution in [2.75, 3.05) is 0 Å². The molecule has 0 aromatic heterocycles. The number of hydrogen-bond donors (Lipinski definition) is 0. The lowest BCUT2D eigenvalue weighted by Gasteiger charge is -2.58. The van der Waals surface area contributed by atoms with E-state index in [9.17, 15) is 4.79 Å². The maximum Gasteiger partial charge on any atom is 0.303 e. The van der Waals surface area contributed by atoms with Crippen LogP contribution in [0.4, 0.5) is 0 Å². The SMILES string of the molecule is CC(=O)O[C@H]1C=C(C)[C@@H]2C[C@H]1C2(C)C. The third-order valence-electron chi connectivity index (χ3n) is 4.02. The zero-order valence-electron chi connectivity index (χ0n) is 9.33. The van der Waals surface area contributed by atoms with Crippen LogP contribution in [0.1, 0.15) is 34.1 Å². The number of carbonyl (C=O) groups is 1. The molecule has 0 spiro atoms. The Hall–Kier alpha value is -0.790. The normalized spacial score (nSPS) is 38.3. The van der Waals surface area contributed by atoms with E-state index < -0.39 is 0 Å². The molecular formula is C12H18O2. The van der Waals surface area contributed by atoms with Gasteiger partial charge in [-0.2, -0.15) is 0 Å². The lowest BCUT2D eigenvalue weighted by Crippen LogP contribution is -2.54. The van der Waals surface area contributed by atoms with Crippen LogP contribution in [0.3, 0.4) is 0 Å². The van der Waals surface area contributed by atoms with Crippen molar-refractivity contribution >= 4 is 5.97 Å². The molecule has 0 aromatic rings. The van der Waals surface area contributed by atoms with E-state index in [0.717, 1.165) is 0 Å². The van der Waals surface area contributed by atoms with E-state index in [1.54, 1.807) is 0 Å². The summed E-state index contributed by atoms with van der Waals surface area (Å²) in [6.45, 7) is 8.19. The number of fused-ring (bicyclic) bond motifs is 1. The van der Waals surface area contributed by atoms with Crippen molar-refractivity contribution in [3.63, 3.8) is 0 Å². The summed E-state index contributed by atoms with van der Waals surface area (Å²) < 4.78 is 5.33. The monoisotopic (exact) mass is 194 g/mol. The summed E-state index contributed by atoms with van der Waals surface area (Å²) in [4.78, 5) is 10.9. The van der Waals surface area contributed by atoms with E-state index in [4.69, 9.17) is 4.74 Å². The Morgan fingerprint density at radius 2 is 2.21 bits per heavy atom. The fraction of sp³-hybridized carbons (Fsp3) is 0.750. The van der Waals surface area contributed by atoms with Gasteiger partial charge in [0.2, 0.25) is 0 Å². The van der Waals surface area contributed by atoms with Gasteiger partial charge in [0.25, 0.3) is 0 Å². The lowest BCUT2D eigenvalue weighted by atomic mass is 9.48. The first kappa shape index (κ1) is 9.75. The Labute approximate surface area is 85.3 Å². The number of rotatable bonds is 1. The van der Waals surface area contributed by atoms with Crippen LogP contribution in [0.5, 0.6) is 0 Å². The van der Waals surface area contributed by atoms with Gasteiger partial charge in [-0.3, -0.25) is 4.79 Å². The van der Waals surface area contributed by atoms with Crippen LogP contribution in [0.15, 0.2) is 11.6 Å². The first-order valence-electron chi connectivity index (χ1n) is 5.28. The average molecular weight is 194 g/mol. The minimum absolute atomic E-state index is 0.0208. The van der Waals surface area contributed by atoms with Gasteiger partial charge in [-0.25, -0.2) is 0 Å². The van der Waals surface area contributed by atoms with Crippen LogP contribution < -0.4 is 0 Å². The Balaban J connectivity index is 2.21. The van der Waals surface area contributed by atoms with Crippen LogP contribution >= 0.6 is 0 Å². The molecule has 0 radical (unpaired) electrons. The minimum atomic E-state index is -0.166. The van der Waals surface area contributed by atoms with Gasteiger partial charge in [-0.05, 0) is 30.8 Å². The zero-order valence-corrected chi connectivity index (χ0v) is 9.33. The molecule has 3 rings (SSSR count). The van der Waals surface area contributed by atoms with E-state index in [2.05, 4.69) is 26.8 Å². The van der Waals surface area contributed by atoms with E-state index in [1.165, 1.54) is 18.9 Å². The highest BCUT2D eigenvalue weighted by molar-refractivity contribution is 5.66. The number of carbonyl (C=O) groups excluding carboxylic acids is 1. The zero-order chi connectivity index (χ0) is 10.5. The number of esters is 1. The fourth-order valence-electron chi connectivity index (χ4n) is 3.09. The Morgan fingerprint density at radius 3 is 2.64 bits per heavy atom. The van der Waals surface area contributed by atoms with E-state index in [-0.39, 0.29) is 12.1 Å². The van der Waals surface area contributed by atoms with Crippen molar-refractivity contribution < 1.29 is 9.53 Å². The molecule has 1 saturated carbocycles. The molecule has 2 heteroatoms. The molecule has 3 aliphatic carbocycles. The molecule has 0 amide bonds. The fourth-order valence-corrected chi connectivity index (χ4v) is 3.09. The molecule has 0 saturated heterocycles.